The van der Waals surface area contributed by atoms with E-state index in [1.54, 1.807) is 0 Å². The number of allylic oxidation sites excluding steroid dienone is 4. The summed E-state index contributed by atoms with van der Waals surface area (Å²) in [6.45, 7) is 4.07. The number of unbranched alkanes of at least 4 members (excludes halogenated alkanes) is 12. The zero-order valence-electron chi connectivity index (χ0n) is 24.5. The number of esters is 1. The summed E-state index contributed by atoms with van der Waals surface area (Å²) < 4.78 is 5.86. The number of hydrogen-bond acceptors (Lipinski definition) is 4. The number of ether oxygens (including phenoxy) is 1. The van der Waals surface area contributed by atoms with Gasteiger partial charge in [-0.3, -0.25) is 14.4 Å². The van der Waals surface area contributed by atoms with Gasteiger partial charge >= 0.3 is 11.9 Å². The van der Waals surface area contributed by atoms with Crippen LogP contribution in [0.2, 0.25) is 0 Å². The van der Waals surface area contributed by atoms with Crippen LogP contribution in [0.3, 0.4) is 0 Å². The first-order valence-electron chi connectivity index (χ1n) is 15.5. The Hall–Kier alpha value is -2.11. The highest BCUT2D eigenvalue weighted by Gasteiger charge is 2.14. The van der Waals surface area contributed by atoms with Gasteiger partial charge in [-0.1, -0.05) is 95.9 Å². The van der Waals surface area contributed by atoms with Gasteiger partial charge in [0.2, 0.25) is 5.91 Å². The Labute approximate surface area is 233 Å². The summed E-state index contributed by atoms with van der Waals surface area (Å²) in [6.07, 6.45) is 30.2. The van der Waals surface area contributed by atoms with Gasteiger partial charge in [0.05, 0.1) is 0 Å². The average Bonchev–Trinajstić information content (AvgIpc) is 2.89. The minimum atomic E-state index is -1.03. The molecule has 0 heterocycles. The lowest BCUT2D eigenvalue weighted by molar-refractivity contribution is -0.150. The molecular formula is C32H57NO5. The highest BCUT2D eigenvalue weighted by Crippen LogP contribution is 2.17. The van der Waals surface area contributed by atoms with Gasteiger partial charge in [-0.05, 0) is 64.2 Å². The second-order valence-electron chi connectivity index (χ2n) is 10.4. The van der Waals surface area contributed by atoms with E-state index in [1.807, 2.05) is 0 Å². The van der Waals surface area contributed by atoms with Crippen molar-refractivity contribution in [3.63, 3.8) is 0 Å². The number of aliphatic carboxylic acids is 1. The number of carboxylic acids is 1. The predicted octanol–water partition coefficient (Wildman–Crippen LogP) is 8.44. The Morgan fingerprint density at radius 1 is 0.684 bits per heavy atom. The highest BCUT2D eigenvalue weighted by molar-refractivity contribution is 5.80. The standard InChI is InChI=1S/C32H57NO5/c1-3-5-7-9-10-11-12-13-14-15-16-17-23-27-32(37)38-29(24-20-8-6-4-2)25-21-18-19-22-26-30(34)33-28-31(35)36/h7,9,11-12,29H,3-6,8,10,13-28H2,1-2H3,(H,33,34)(H,35,36)/b9-7-,12-11-. The number of carbonyl (C=O) groups excluding carboxylic acids is 2. The second kappa shape index (κ2) is 27.9. The summed E-state index contributed by atoms with van der Waals surface area (Å²) in [7, 11) is 0. The van der Waals surface area contributed by atoms with Gasteiger partial charge in [0.1, 0.15) is 12.6 Å². The molecule has 2 N–H and O–H groups in total. The topological polar surface area (TPSA) is 92.7 Å². The van der Waals surface area contributed by atoms with Crippen LogP contribution in [0.1, 0.15) is 149 Å². The monoisotopic (exact) mass is 535 g/mol. The number of amides is 1. The first-order valence-corrected chi connectivity index (χ1v) is 15.5. The summed E-state index contributed by atoms with van der Waals surface area (Å²) in [4.78, 5) is 34.5. The lowest BCUT2D eigenvalue weighted by Crippen LogP contribution is -2.28. The van der Waals surface area contributed by atoms with E-state index in [9.17, 15) is 14.4 Å². The molecule has 1 amide bonds. The largest absolute Gasteiger partial charge is 0.480 e. The molecule has 6 heteroatoms. The summed E-state index contributed by atoms with van der Waals surface area (Å²) >= 11 is 0. The Morgan fingerprint density at radius 2 is 1.26 bits per heavy atom. The molecule has 1 atom stereocenters. The SMILES string of the molecule is CCC/C=C\C/C=C\CCCCCCCC(=O)OC(CCCCCC)CCCCCCC(=O)NCC(=O)O. The van der Waals surface area contributed by atoms with E-state index in [1.165, 1.54) is 51.4 Å². The Bertz CT molecular complexity index is 644. The third kappa shape index (κ3) is 26.9. The van der Waals surface area contributed by atoms with Crippen molar-refractivity contribution < 1.29 is 24.2 Å². The lowest BCUT2D eigenvalue weighted by atomic mass is 10.0. The fourth-order valence-corrected chi connectivity index (χ4v) is 4.31. The van der Waals surface area contributed by atoms with E-state index in [2.05, 4.69) is 43.5 Å². The van der Waals surface area contributed by atoms with Gasteiger partial charge in [0.25, 0.3) is 0 Å². The van der Waals surface area contributed by atoms with Crippen LogP contribution in [0.4, 0.5) is 0 Å². The minimum absolute atomic E-state index is 0.00169. The van der Waals surface area contributed by atoms with Crippen molar-refractivity contribution in [2.45, 2.75) is 155 Å². The molecule has 0 aromatic heterocycles. The highest BCUT2D eigenvalue weighted by atomic mass is 16.5. The van der Waals surface area contributed by atoms with Crippen molar-refractivity contribution in [3.05, 3.63) is 24.3 Å². The smallest absolute Gasteiger partial charge is 0.322 e. The van der Waals surface area contributed by atoms with Crippen LogP contribution in [0.15, 0.2) is 24.3 Å². The Kier molecular flexibility index (Phi) is 26.4. The molecule has 6 nitrogen and oxygen atoms in total. The fourth-order valence-electron chi connectivity index (χ4n) is 4.31. The van der Waals surface area contributed by atoms with Crippen LogP contribution in [-0.4, -0.2) is 35.6 Å². The molecule has 0 fully saturated rings. The van der Waals surface area contributed by atoms with E-state index in [0.29, 0.717) is 12.8 Å². The molecule has 0 aliphatic rings. The average molecular weight is 536 g/mol. The molecule has 0 saturated carbocycles. The summed E-state index contributed by atoms with van der Waals surface area (Å²) in [5, 5.41) is 11.0. The number of nitrogens with one attached hydrogen (secondary N) is 1. The molecule has 0 aromatic carbocycles. The first-order chi connectivity index (χ1) is 18.5. The number of carbonyl (C=O) groups is 3. The normalized spacial score (nSPS) is 12.3. The molecule has 0 aliphatic carbocycles. The zero-order chi connectivity index (χ0) is 28.1. The quantitative estimate of drug-likeness (QED) is 0.0625. The van der Waals surface area contributed by atoms with Crippen molar-refractivity contribution in [1.29, 1.82) is 0 Å². The molecule has 1 unspecified atom stereocenters. The zero-order valence-corrected chi connectivity index (χ0v) is 24.5. The van der Waals surface area contributed by atoms with Gasteiger partial charge < -0.3 is 15.2 Å². The third-order valence-electron chi connectivity index (χ3n) is 6.61. The molecule has 0 aliphatic heterocycles. The Balaban J connectivity index is 3.98. The summed E-state index contributed by atoms with van der Waals surface area (Å²) in [5.41, 5.74) is 0. The van der Waals surface area contributed by atoms with Gasteiger partial charge in [-0.25, -0.2) is 0 Å². The van der Waals surface area contributed by atoms with Crippen LogP contribution >= 0.6 is 0 Å². The van der Waals surface area contributed by atoms with Crippen molar-refractivity contribution in [1.82, 2.24) is 5.32 Å². The molecular weight excluding hydrogens is 478 g/mol. The maximum Gasteiger partial charge on any atom is 0.322 e. The van der Waals surface area contributed by atoms with Crippen LogP contribution in [0.5, 0.6) is 0 Å². The maximum atomic E-state index is 12.4. The number of carboxylic acid groups (broad SMARTS) is 1. The third-order valence-corrected chi connectivity index (χ3v) is 6.61. The summed E-state index contributed by atoms with van der Waals surface area (Å²) in [5.74, 6) is -1.29. The van der Waals surface area contributed by atoms with Gasteiger partial charge in [0, 0.05) is 12.8 Å². The lowest BCUT2D eigenvalue weighted by Gasteiger charge is -2.18. The molecule has 0 rings (SSSR count). The van der Waals surface area contributed by atoms with Crippen LogP contribution in [0, 0.1) is 0 Å². The van der Waals surface area contributed by atoms with Crippen molar-refractivity contribution in [2.75, 3.05) is 6.54 Å². The number of hydrogen-bond donors (Lipinski definition) is 2. The molecule has 0 spiro atoms. The molecule has 220 valence electrons. The van der Waals surface area contributed by atoms with E-state index in [0.717, 1.165) is 70.6 Å². The molecule has 0 bridgehead atoms. The van der Waals surface area contributed by atoms with Crippen LogP contribution in [0.25, 0.3) is 0 Å². The van der Waals surface area contributed by atoms with Crippen molar-refractivity contribution in [2.24, 2.45) is 0 Å². The van der Waals surface area contributed by atoms with Gasteiger partial charge in [0.15, 0.2) is 0 Å². The van der Waals surface area contributed by atoms with Crippen LogP contribution < -0.4 is 5.32 Å². The van der Waals surface area contributed by atoms with E-state index in [-0.39, 0.29) is 24.5 Å². The Morgan fingerprint density at radius 3 is 1.92 bits per heavy atom. The van der Waals surface area contributed by atoms with Gasteiger partial charge in [-0.2, -0.15) is 0 Å². The molecule has 0 saturated heterocycles. The molecule has 0 radical (unpaired) electrons. The van der Waals surface area contributed by atoms with Gasteiger partial charge in [-0.15, -0.1) is 0 Å². The van der Waals surface area contributed by atoms with E-state index < -0.39 is 5.97 Å². The minimum Gasteiger partial charge on any atom is -0.480 e. The van der Waals surface area contributed by atoms with Crippen molar-refractivity contribution >= 4 is 17.8 Å². The fraction of sp³-hybridized carbons (Fsp3) is 0.781. The van der Waals surface area contributed by atoms with E-state index >= 15 is 0 Å². The predicted molar refractivity (Wildman–Crippen MR) is 157 cm³/mol. The summed E-state index contributed by atoms with van der Waals surface area (Å²) in [6, 6.07) is 0. The first kappa shape index (κ1) is 35.9. The second-order valence-corrected chi connectivity index (χ2v) is 10.4. The molecule has 38 heavy (non-hydrogen) atoms. The molecule has 0 aromatic rings. The van der Waals surface area contributed by atoms with Crippen molar-refractivity contribution in [3.8, 4) is 0 Å². The van der Waals surface area contributed by atoms with Crippen LogP contribution in [-0.2, 0) is 19.1 Å². The maximum absolute atomic E-state index is 12.4. The van der Waals surface area contributed by atoms with E-state index in [4.69, 9.17) is 9.84 Å². The number of rotatable bonds is 27.